The van der Waals surface area contributed by atoms with E-state index in [4.69, 9.17) is 11.6 Å². The molecule has 1 N–H and O–H groups in total. The number of carboxylic acids is 1. The van der Waals surface area contributed by atoms with E-state index in [-0.39, 0.29) is 0 Å². The Bertz CT molecular complexity index is 650. The molecular weight excluding hydrogens is 276 g/mol. The average molecular weight is 289 g/mol. The average Bonchev–Trinajstić information content (AvgIpc) is 2.42. The molecule has 0 radical (unpaired) electrons. The molecule has 4 heteroatoms. The van der Waals surface area contributed by atoms with Gasteiger partial charge < -0.3 is 5.11 Å². The number of aryl methyl sites for hydroxylation is 1. The lowest BCUT2D eigenvalue weighted by Gasteiger charge is -2.14. The fourth-order valence-electron chi connectivity index (χ4n) is 2.12. The largest absolute Gasteiger partial charge is 0.480 e. The SMILES string of the molecule is Cc1cc(Cl)ccc1C(C(=O)O)C(=O)c1ccccc1. The van der Waals surface area contributed by atoms with Crippen LogP contribution in [0.3, 0.4) is 0 Å². The first kappa shape index (κ1) is 14.3. The van der Waals surface area contributed by atoms with Crippen molar-refractivity contribution in [2.24, 2.45) is 0 Å². The summed E-state index contributed by atoms with van der Waals surface area (Å²) in [7, 11) is 0. The van der Waals surface area contributed by atoms with Crippen molar-refractivity contribution in [1.82, 2.24) is 0 Å². The van der Waals surface area contributed by atoms with Crippen LogP contribution in [0.4, 0.5) is 0 Å². The second-order valence-corrected chi connectivity index (χ2v) is 4.94. The van der Waals surface area contributed by atoms with Crippen molar-refractivity contribution >= 4 is 23.4 Å². The highest BCUT2D eigenvalue weighted by Gasteiger charge is 2.30. The molecule has 0 aliphatic carbocycles. The third kappa shape index (κ3) is 2.89. The molecule has 0 aliphatic rings. The molecule has 0 bridgehead atoms. The number of benzene rings is 2. The predicted molar refractivity (Wildman–Crippen MR) is 77.3 cm³/mol. The summed E-state index contributed by atoms with van der Waals surface area (Å²) in [6.45, 7) is 1.75. The van der Waals surface area contributed by atoms with Crippen LogP contribution in [0.1, 0.15) is 27.4 Å². The Morgan fingerprint density at radius 1 is 1.10 bits per heavy atom. The summed E-state index contributed by atoms with van der Waals surface area (Å²) < 4.78 is 0. The second-order valence-electron chi connectivity index (χ2n) is 4.50. The van der Waals surface area contributed by atoms with E-state index in [1.54, 1.807) is 55.5 Å². The summed E-state index contributed by atoms with van der Waals surface area (Å²) in [4.78, 5) is 23.9. The predicted octanol–water partition coefficient (Wildman–Crippen LogP) is 3.70. The maximum atomic E-state index is 12.4. The van der Waals surface area contributed by atoms with Gasteiger partial charge in [-0.2, -0.15) is 0 Å². The third-order valence-corrected chi connectivity index (χ3v) is 3.35. The molecule has 0 amide bonds. The summed E-state index contributed by atoms with van der Waals surface area (Å²) in [5.41, 5.74) is 1.54. The number of hydrogen-bond donors (Lipinski definition) is 1. The van der Waals surface area contributed by atoms with Crippen molar-refractivity contribution in [2.75, 3.05) is 0 Å². The van der Waals surface area contributed by atoms with E-state index in [1.807, 2.05) is 0 Å². The van der Waals surface area contributed by atoms with Gasteiger partial charge in [-0.05, 0) is 30.2 Å². The molecule has 2 rings (SSSR count). The summed E-state index contributed by atoms with van der Waals surface area (Å²) >= 11 is 5.87. The first-order valence-corrected chi connectivity index (χ1v) is 6.46. The van der Waals surface area contributed by atoms with Gasteiger partial charge in [0.05, 0.1) is 0 Å². The van der Waals surface area contributed by atoms with Gasteiger partial charge in [-0.25, -0.2) is 0 Å². The van der Waals surface area contributed by atoms with Crippen LogP contribution in [-0.4, -0.2) is 16.9 Å². The third-order valence-electron chi connectivity index (χ3n) is 3.11. The molecule has 0 heterocycles. The number of carbonyl (C=O) groups is 2. The molecule has 2 aromatic rings. The van der Waals surface area contributed by atoms with E-state index in [1.165, 1.54) is 0 Å². The van der Waals surface area contributed by atoms with Crippen LogP contribution in [0.2, 0.25) is 5.02 Å². The highest BCUT2D eigenvalue weighted by molar-refractivity contribution is 6.30. The van der Waals surface area contributed by atoms with Crippen LogP contribution >= 0.6 is 11.6 Å². The first-order valence-electron chi connectivity index (χ1n) is 6.09. The van der Waals surface area contributed by atoms with Crippen molar-refractivity contribution in [3.8, 4) is 0 Å². The zero-order chi connectivity index (χ0) is 14.7. The molecule has 2 aromatic carbocycles. The molecule has 1 atom stereocenters. The standard InChI is InChI=1S/C16H13ClO3/c1-10-9-12(17)7-8-13(10)14(16(19)20)15(18)11-5-3-2-4-6-11/h2-9,14H,1H3,(H,19,20). The van der Waals surface area contributed by atoms with Crippen LogP contribution in [0.15, 0.2) is 48.5 Å². The molecule has 0 saturated heterocycles. The number of carboxylic acid groups (broad SMARTS) is 1. The lowest BCUT2D eigenvalue weighted by atomic mass is 9.88. The monoisotopic (exact) mass is 288 g/mol. The van der Waals surface area contributed by atoms with Crippen LogP contribution in [0, 0.1) is 6.92 Å². The normalized spacial score (nSPS) is 11.9. The smallest absolute Gasteiger partial charge is 0.318 e. The van der Waals surface area contributed by atoms with Crippen LogP contribution in [0.25, 0.3) is 0 Å². The quantitative estimate of drug-likeness (QED) is 0.689. The molecule has 20 heavy (non-hydrogen) atoms. The Kier molecular flexibility index (Phi) is 4.20. The minimum absolute atomic E-state index is 0.384. The van der Waals surface area contributed by atoms with Gasteiger partial charge in [0, 0.05) is 10.6 Å². The van der Waals surface area contributed by atoms with Crippen LogP contribution in [-0.2, 0) is 4.79 Å². The summed E-state index contributed by atoms with van der Waals surface area (Å²) in [6.07, 6.45) is 0. The number of halogens is 1. The Morgan fingerprint density at radius 2 is 1.75 bits per heavy atom. The van der Waals surface area contributed by atoms with Crippen molar-refractivity contribution in [1.29, 1.82) is 0 Å². The van der Waals surface area contributed by atoms with Gasteiger partial charge in [-0.3, -0.25) is 9.59 Å². The van der Waals surface area contributed by atoms with E-state index in [0.29, 0.717) is 21.7 Å². The van der Waals surface area contributed by atoms with E-state index in [2.05, 4.69) is 0 Å². The first-order chi connectivity index (χ1) is 9.50. The molecule has 0 saturated carbocycles. The number of aliphatic carboxylic acids is 1. The minimum atomic E-state index is -1.21. The van der Waals surface area contributed by atoms with E-state index in [9.17, 15) is 14.7 Å². The molecule has 0 fully saturated rings. The number of ketones is 1. The van der Waals surface area contributed by atoms with Gasteiger partial charge in [-0.15, -0.1) is 0 Å². The van der Waals surface area contributed by atoms with Crippen LogP contribution < -0.4 is 0 Å². The Morgan fingerprint density at radius 3 is 2.30 bits per heavy atom. The topological polar surface area (TPSA) is 54.4 Å². The lowest BCUT2D eigenvalue weighted by Crippen LogP contribution is -2.22. The van der Waals surface area contributed by atoms with E-state index < -0.39 is 17.7 Å². The summed E-state index contributed by atoms with van der Waals surface area (Å²) in [5.74, 6) is -2.80. The number of rotatable bonds is 4. The maximum Gasteiger partial charge on any atom is 0.318 e. The highest BCUT2D eigenvalue weighted by atomic mass is 35.5. The Hall–Kier alpha value is -2.13. The maximum absolute atomic E-state index is 12.4. The molecule has 0 aromatic heterocycles. The fraction of sp³-hybridized carbons (Fsp3) is 0.125. The van der Waals surface area contributed by atoms with Crippen LogP contribution in [0.5, 0.6) is 0 Å². The van der Waals surface area contributed by atoms with Crippen molar-refractivity contribution in [2.45, 2.75) is 12.8 Å². The van der Waals surface area contributed by atoms with Gasteiger partial charge >= 0.3 is 5.97 Å². The van der Waals surface area contributed by atoms with Gasteiger partial charge in [0.1, 0.15) is 5.92 Å². The number of carbonyl (C=O) groups excluding carboxylic acids is 1. The molecular formula is C16H13ClO3. The highest BCUT2D eigenvalue weighted by Crippen LogP contribution is 2.26. The van der Waals surface area contributed by atoms with Gasteiger partial charge in [-0.1, -0.05) is 48.0 Å². The fourth-order valence-corrected chi connectivity index (χ4v) is 2.35. The zero-order valence-corrected chi connectivity index (χ0v) is 11.6. The zero-order valence-electron chi connectivity index (χ0n) is 10.8. The minimum Gasteiger partial charge on any atom is -0.480 e. The van der Waals surface area contributed by atoms with Crippen molar-refractivity contribution < 1.29 is 14.7 Å². The lowest BCUT2D eigenvalue weighted by molar-refractivity contribution is -0.137. The molecule has 0 spiro atoms. The van der Waals surface area contributed by atoms with E-state index in [0.717, 1.165) is 0 Å². The van der Waals surface area contributed by atoms with Crippen molar-refractivity contribution in [3.05, 3.63) is 70.2 Å². The van der Waals surface area contributed by atoms with Gasteiger partial charge in [0.25, 0.3) is 0 Å². The number of Topliss-reactive ketones (excluding diaryl/α,β-unsaturated/α-hetero) is 1. The summed E-state index contributed by atoms with van der Waals surface area (Å²) in [5, 5.41) is 9.91. The second kappa shape index (κ2) is 5.88. The summed E-state index contributed by atoms with van der Waals surface area (Å²) in [6, 6.07) is 13.3. The molecule has 102 valence electrons. The molecule has 1 unspecified atom stereocenters. The Labute approximate surface area is 121 Å². The Balaban J connectivity index is 2.47. The van der Waals surface area contributed by atoms with Gasteiger partial charge in [0.15, 0.2) is 5.78 Å². The van der Waals surface area contributed by atoms with Crippen molar-refractivity contribution in [3.63, 3.8) is 0 Å². The van der Waals surface area contributed by atoms with Gasteiger partial charge in [0.2, 0.25) is 0 Å². The molecule has 0 aliphatic heterocycles. The molecule has 3 nitrogen and oxygen atoms in total. The van der Waals surface area contributed by atoms with E-state index >= 15 is 0 Å². The number of hydrogen-bond acceptors (Lipinski definition) is 2.